The highest BCUT2D eigenvalue weighted by molar-refractivity contribution is 5.80. The van der Waals surface area contributed by atoms with E-state index in [-0.39, 0.29) is 30.5 Å². The molecule has 0 bridgehead atoms. The Morgan fingerprint density at radius 2 is 1.56 bits per heavy atom. The Morgan fingerprint density at radius 1 is 0.944 bits per heavy atom. The summed E-state index contributed by atoms with van der Waals surface area (Å²) in [5.41, 5.74) is 3.90. The van der Waals surface area contributed by atoms with Crippen LogP contribution < -0.4 is 9.47 Å². The van der Waals surface area contributed by atoms with Crippen LogP contribution in [0.2, 0.25) is 0 Å². The lowest BCUT2D eigenvalue weighted by molar-refractivity contribution is -0.150. The maximum atomic E-state index is 12.5. The lowest BCUT2D eigenvalue weighted by Crippen LogP contribution is -2.37. The van der Waals surface area contributed by atoms with Crippen molar-refractivity contribution in [1.29, 1.82) is 0 Å². The number of ether oxygens (including phenoxy) is 3. The van der Waals surface area contributed by atoms with Crippen molar-refractivity contribution in [3.63, 3.8) is 0 Å². The van der Waals surface area contributed by atoms with Gasteiger partial charge in [0.2, 0.25) is 0 Å². The van der Waals surface area contributed by atoms with Gasteiger partial charge in [0.25, 0.3) is 0 Å². The van der Waals surface area contributed by atoms with Crippen molar-refractivity contribution in [1.82, 2.24) is 0 Å². The second-order valence-corrected chi connectivity index (χ2v) is 10.7. The number of carbonyl (C=O) groups excluding carboxylic acids is 2. The number of benzene rings is 1. The van der Waals surface area contributed by atoms with Gasteiger partial charge in [-0.25, -0.2) is 0 Å². The van der Waals surface area contributed by atoms with E-state index in [1.165, 1.54) is 32.1 Å². The fraction of sp³-hybridized carbons (Fsp3) is 0.742. The Bertz CT molecular complexity index is 857. The van der Waals surface area contributed by atoms with E-state index < -0.39 is 5.97 Å². The lowest BCUT2D eigenvalue weighted by atomic mass is 9.84. The van der Waals surface area contributed by atoms with E-state index in [9.17, 15) is 9.59 Å². The van der Waals surface area contributed by atoms with Crippen molar-refractivity contribution in [3.05, 3.63) is 22.3 Å². The summed E-state index contributed by atoms with van der Waals surface area (Å²) in [4.78, 5) is 24.2. The lowest BCUT2D eigenvalue weighted by Gasteiger charge is -2.38. The maximum absolute atomic E-state index is 12.5. The van der Waals surface area contributed by atoms with Crippen molar-refractivity contribution >= 4 is 11.9 Å². The number of fused-ring (bicyclic) bond motifs is 1. The van der Waals surface area contributed by atoms with Gasteiger partial charge in [0.05, 0.1) is 18.9 Å². The maximum Gasteiger partial charge on any atom is 0.311 e. The molecule has 2 rings (SSSR count). The van der Waals surface area contributed by atoms with Gasteiger partial charge in [0.15, 0.2) is 0 Å². The van der Waals surface area contributed by atoms with E-state index in [0.29, 0.717) is 5.75 Å². The van der Waals surface area contributed by atoms with Crippen molar-refractivity contribution < 1.29 is 23.8 Å². The van der Waals surface area contributed by atoms with Gasteiger partial charge in [-0.15, -0.1) is 0 Å². The summed E-state index contributed by atoms with van der Waals surface area (Å²) in [5.74, 6) is 1.55. The first-order valence-corrected chi connectivity index (χ1v) is 14.2. The van der Waals surface area contributed by atoms with Crippen LogP contribution in [-0.4, -0.2) is 23.6 Å². The summed E-state index contributed by atoms with van der Waals surface area (Å²) in [6, 6.07) is 0. The first-order valence-electron chi connectivity index (χ1n) is 14.2. The molecule has 0 N–H and O–H groups in total. The quantitative estimate of drug-likeness (QED) is 0.211. The Morgan fingerprint density at radius 3 is 2.17 bits per heavy atom. The molecule has 5 heteroatoms. The Labute approximate surface area is 220 Å². The molecule has 0 aliphatic carbocycles. The third-order valence-corrected chi connectivity index (χ3v) is 7.13. The third-order valence-electron chi connectivity index (χ3n) is 7.13. The monoisotopic (exact) mass is 504 g/mol. The zero-order valence-electron chi connectivity index (χ0n) is 24.8. The predicted molar refractivity (Wildman–Crippen MR) is 148 cm³/mol. The molecule has 1 heterocycles. The Hall–Kier alpha value is -2.04. The zero-order chi connectivity index (χ0) is 27.5. The standard InChI is InChI=1S/C29H46O5.C2H6/c1-9-10-12-20(4)13-11-17-29(8)18-16-24-23(7)27(21(5)22(6)28(24)34-29)33-26(31)15-14-25(30)32-19(2)3;1-2/h19-20H,9-18H2,1-8H3;1-2H3. The topological polar surface area (TPSA) is 61.8 Å². The fourth-order valence-electron chi connectivity index (χ4n) is 4.82. The molecule has 206 valence electrons. The molecule has 0 spiro atoms. The van der Waals surface area contributed by atoms with Crippen molar-refractivity contribution in [2.75, 3.05) is 0 Å². The normalized spacial score (nSPS) is 17.4. The van der Waals surface area contributed by atoms with Gasteiger partial charge in [-0.1, -0.05) is 53.4 Å². The summed E-state index contributed by atoms with van der Waals surface area (Å²) in [6.45, 7) is 20.5. The molecule has 0 fully saturated rings. The van der Waals surface area contributed by atoms with Crippen LogP contribution in [0.4, 0.5) is 0 Å². The van der Waals surface area contributed by atoms with Crippen molar-refractivity contribution in [3.8, 4) is 11.5 Å². The SMILES string of the molecule is CC.CCCCC(C)CCCC1(C)CCc2c(C)c(OC(=O)CCC(=O)OC(C)C)c(C)c(C)c2O1. The van der Waals surface area contributed by atoms with E-state index in [1.807, 2.05) is 34.6 Å². The summed E-state index contributed by atoms with van der Waals surface area (Å²) in [6.07, 6.45) is 9.10. The van der Waals surface area contributed by atoms with Crippen LogP contribution in [0.25, 0.3) is 0 Å². The molecule has 1 aromatic rings. The molecule has 0 saturated heterocycles. The Balaban J connectivity index is 0.00000316. The molecule has 2 unspecified atom stereocenters. The smallest absolute Gasteiger partial charge is 0.311 e. The third kappa shape index (κ3) is 9.44. The number of unbranched alkanes of at least 4 members (excludes halogenated alkanes) is 1. The summed E-state index contributed by atoms with van der Waals surface area (Å²) >= 11 is 0. The second kappa shape index (κ2) is 15.3. The van der Waals surface area contributed by atoms with Gasteiger partial charge in [0, 0.05) is 5.56 Å². The largest absolute Gasteiger partial charge is 0.487 e. The molecule has 2 atom stereocenters. The number of esters is 2. The highest BCUT2D eigenvalue weighted by Gasteiger charge is 2.34. The summed E-state index contributed by atoms with van der Waals surface area (Å²) in [5, 5.41) is 0. The average Bonchev–Trinajstić information content (AvgIpc) is 2.83. The Kier molecular flexibility index (Phi) is 13.6. The van der Waals surface area contributed by atoms with E-state index in [4.69, 9.17) is 14.2 Å². The molecule has 5 nitrogen and oxygen atoms in total. The number of hydrogen-bond acceptors (Lipinski definition) is 5. The van der Waals surface area contributed by atoms with Crippen LogP contribution >= 0.6 is 0 Å². The molecule has 0 amide bonds. The molecule has 0 radical (unpaired) electrons. The second-order valence-electron chi connectivity index (χ2n) is 10.7. The van der Waals surface area contributed by atoms with Crippen LogP contribution in [0.5, 0.6) is 11.5 Å². The van der Waals surface area contributed by atoms with Crippen LogP contribution in [0, 0.1) is 26.7 Å². The van der Waals surface area contributed by atoms with Gasteiger partial charge in [0.1, 0.15) is 17.1 Å². The van der Waals surface area contributed by atoms with E-state index >= 15 is 0 Å². The first kappa shape index (κ1) is 32.0. The summed E-state index contributed by atoms with van der Waals surface area (Å²) < 4.78 is 17.5. The zero-order valence-corrected chi connectivity index (χ0v) is 24.8. The molecule has 36 heavy (non-hydrogen) atoms. The number of rotatable bonds is 12. The minimum absolute atomic E-state index is 0.00577. The van der Waals surface area contributed by atoms with E-state index in [2.05, 4.69) is 20.8 Å². The van der Waals surface area contributed by atoms with Crippen molar-refractivity contribution in [2.45, 2.75) is 145 Å². The van der Waals surface area contributed by atoms with Gasteiger partial charge in [-0.05, 0) is 89.8 Å². The highest BCUT2D eigenvalue weighted by Crippen LogP contribution is 2.45. The van der Waals surface area contributed by atoms with Gasteiger partial charge in [-0.2, -0.15) is 0 Å². The fourth-order valence-corrected chi connectivity index (χ4v) is 4.82. The van der Waals surface area contributed by atoms with E-state index in [1.54, 1.807) is 13.8 Å². The molecule has 1 aliphatic rings. The van der Waals surface area contributed by atoms with Crippen LogP contribution in [0.1, 0.15) is 129 Å². The molecular weight excluding hydrogens is 452 g/mol. The minimum atomic E-state index is -0.412. The number of hydrogen-bond donors (Lipinski definition) is 0. The highest BCUT2D eigenvalue weighted by atomic mass is 16.5. The van der Waals surface area contributed by atoms with Crippen molar-refractivity contribution in [2.24, 2.45) is 5.92 Å². The van der Waals surface area contributed by atoms with Gasteiger partial charge >= 0.3 is 11.9 Å². The minimum Gasteiger partial charge on any atom is -0.487 e. The predicted octanol–water partition coefficient (Wildman–Crippen LogP) is 8.36. The molecule has 1 aliphatic heterocycles. The molecule has 1 aromatic carbocycles. The molecule has 0 saturated carbocycles. The van der Waals surface area contributed by atoms with Gasteiger partial charge < -0.3 is 14.2 Å². The first-order chi connectivity index (χ1) is 17.0. The average molecular weight is 505 g/mol. The van der Waals surface area contributed by atoms with Crippen LogP contribution in [-0.2, 0) is 20.7 Å². The van der Waals surface area contributed by atoms with Crippen LogP contribution in [0.3, 0.4) is 0 Å². The molecule has 0 aromatic heterocycles. The van der Waals surface area contributed by atoms with Gasteiger partial charge in [-0.3, -0.25) is 9.59 Å². The summed E-state index contributed by atoms with van der Waals surface area (Å²) in [7, 11) is 0. The number of carbonyl (C=O) groups is 2. The van der Waals surface area contributed by atoms with Crippen LogP contribution in [0.15, 0.2) is 0 Å². The van der Waals surface area contributed by atoms with E-state index in [0.717, 1.165) is 53.2 Å². The molecular formula is C31H52O5.